The van der Waals surface area contributed by atoms with Gasteiger partial charge in [0.2, 0.25) is 0 Å². The number of ether oxygens (including phenoxy) is 1. The van der Waals surface area contributed by atoms with Crippen LogP contribution in [0.1, 0.15) is 38.4 Å². The third-order valence-electron chi connectivity index (χ3n) is 2.07. The zero-order valence-corrected chi connectivity index (χ0v) is 8.49. The molecule has 13 heavy (non-hydrogen) atoms. The van der Waals surface area contributed by atoms with Gasteiger partial charge < -0.3 is 4.74 Å². The molecule has 72 valence electrons. The normalized spacial score (nSPS) is 12.8. The first kappa shape index (κ1) is 10.3. The molecule has 1 unspecified atom stereocenters. The fraction of sp³-hybridized carbons (Fsp3) is 0.500. The summed E-state index contributed by atoms with van der Waals surface area (Å²) in [5, 5.41) is 0. The van der Waals surface area contributed by atoms with Gasteiger partial charge in [-0.15, -0.1) is 0 Å². The van der Waals surface area contributed by atoms with E-state index in [1.807, 2.05) is 6.07 Å². The smallest absolute Gasteiger partial charge is 0.0822 e. The second-order valence-electron chi connectivity index (χ2n) is 3.18. The molecular formula is C12H18O. The maximum atomic E-state index is 5.73. The molecule has 1 atom stereocenters. The van der Waals surface area contributed by atoms with E-state index >= 15 is 0 Å². The number of rotatable bonds is 5. The highest BCUT2D eigenvalue weighted by molar-refractivity contribution is 5.17. The standard InChI is InChI=1S/C12H18O/c1-3-10-13-12(4-2)11-8-6-5-7-9-11/h5-9,12H,3-4,10H2,1-2H3. The molecule has 1 rings (SSSR count). The summed E-state index contributed by atoms with van der Waals surface area (Å²) >= 11 is 0. The molecule has 1 heteroatoms. The van der Waals surface area contributed by atoms with E-state index in [1.54, 1.807) is 0 Å². The van der Waals surface area contributed by atoms with Crippen LogP contribution in [0.3, 0.4) is 0 Å². The Morgan fingerprint density at radius 3 is 2.38 bits per heavy atom. The van der Waals surface area contributed by atoms with Crippen LogP contribution < -0.4 is 0 Å². The Morgan fingerprint density at radius 1 is 1.15 bits per heavy atom. The van der Waals surface area contributed by atoms with Crippen LogP contribution in [0.15, 0.2) is 30.3 Å². The fourth-order valence-electron chi connectivity index (χ4n) is 1.38. The van der Waals surface area contributed by atoms with Crippen LogP contribution in [-0.4, -0.2) is 6.61 Å². The van der Waals surface area contributed by atoms with Crippen molar-refractivity contribution >= 4 is 0 Å². The maximum Gasteiger partial charge on any atom is 0.0822 e. The number of hydrogen-bond acceptors (Lipinski definition) is 1. The van der Waals surface area contributed by atoms with E-state index in [2.05, 4.69) is 38.1 Å². The Hall–Kier alpha value is -0.820. The summed E-state index contributed by atoms with van der Waals surface area (Å²) < 4.78 is 5.73. The van der Waals surface area contributed by atoms with Gasteiger partial charge in [0.05, 0.1) is 6.10 Å². The lowest BCUT2D eigenvalue weighted by atomic mass is 10.1. The molecule has 0 saturated carbocycles. The summed E-state index contributed by atoms with van der Waals surface area (Å²) in [5.74, 6) is 0. The molecule has 1 aromatic carbocycles. The van der Waals surface area contributed by atoms with Crippen molar-refractivity contribution in [2.24, 2.45) is 0 Å². The Kier molecular flexibility index (Phi) is 4.55. The summed E-state index contributed by atoms with van der Waals surface area (Å²) in [5.41, 5.74) is 1.29. The van der Waals surface area contributed by atoms with Gasteiger partial charge >= 0.3 is 0 Å². The Bertz CT molecular complexity index is 218. The zero-order valence-electron chi connectivity index (χ0n) is 8.49. The number of hydrogen-bond donors (Lipinski definition) is 0. The van der Waals surface area contributed by atoms with Gasteiger partial charge in [-0.2, -0.15) is 0 Å². The van der Waals surface area contributed by atoms with E-state index in [1.165, 1.54) is 5.56 Å². The SMILES string of the molecule is CCCOC(CC)c1ccccc1. The molecule has 0 fully saturated rings. The van der Waals surface area contributed by atoms with E-state index in [-0.39, 0.29) is 6.10 Å². The van der Waals surface area contributed by atoms with Crippen LogP contribution in [-0.2, 0) is 4.74 Å². The predicted molar refractivity (Wildman–Crippen MR) is 55.7 cm³/mol. The molecule has 0 N–H and O–H groups in total. The summed E-state index contributed by atoms with van der Waals surface area (Å²) in [4.78, 5) is 0. The predicted octanol–water partition coefficient (Wildman–Crippen LogP) is 3.56. The second-order valence-corrected chi connectivity index (χ2v) is 3.18. The van der Waals surface area contributed by atoms with Crippen LogP contribution in [0.25, 0.3) is 0 Å². The summed E-state index contributed by atoms with van der Waals surface area (Å²) in [7, 11) is 0. The van der Waals surface area contributed by atoms with Crippen LogP contribution in [0.2, 0.25) is 0 Å². The Labute approximate surface area is 80.7 Å². The number of benzene rings is 1. The average Bonchev–Trinajstić information content (AvgIpc) is 2.21. The molecule has 0 saturated heterocycles. The zero-order chi connectivity index (χ0) is 9.52. The highest BCUT2D eigenvalue weighted by Crippen LogP contribution is 2.20. The van der Waals surface area contributed by atoms with E-state index in [0.29, 0.717) is 0 Å². The minimum absolute atomic E-state index is 0.279. The Morgan fingerprint density at radius 2 is 1.85 bits per heavy atom. The second kappa shape index (κ2) is 5.76. The molecule has 0 aliphatic heterocycles. The van der Waals surface area contributed by atoms with Crippen LogP contribution >= 0.6 is 0 Å². The summed E-state index contributed by atoms with van der Waals surface area (Å²) in [6.45, 7) is 5.15. The quantitative estimate of drug-likeness (QED) is 0.669. The highest BCUT2D eigenvalue weighted by Gasteiger charge is 2.07. The maximum absolute atomic E-state index is 5.73. The average molecular weight is 178 g/mol. The minimum atomic E-state index is 0.279. The minimum Gasteiger partial charge on any atom is -0.374 e. The molecule has 0 radical (unpaired) electrons. The third kappa shape index (κ3) is 3.19. The van der Waals surface area contributed by atoms with Gasteiger partial charge in [0, 0.05) is 6.61 Å². The van der Waals surface area contributed by atoms with Gasteiger partial charge in [-0.05, 0) is 18.4 Å². The molecule has 0 spiro atoms. The third-order valence-corrected chi connectivity index (χ3v) is 2.07. The van der Waals surface area contributed by atoms with Gasteiger partial charge in [-0.1, -0.05) is 44.2 Å². The molecule has 0 aromatic heterocycles. The summed E-state index contributed by atoms with van der Waals surface area (Å²) in [6, 6.07) is 10.4. The molecule has 0 bridgehead atoms. The van der Waals surface area contributed by atoms with E-state index < -0.39 is 0 Å². The van der Waals surface area contributed by atoms with E-state index in [9.17, 15) is 0 Å². The molecule has 0 amide bonds. The molecule has 0 aliphatic carbocycles. The van der Waals surface area contributed by atoms with E-state index in [4.69, 9.17) is 4.74 Å². The first-order chi connectivity index (χ1) is 6.38. The summed E-state index contributed by atoms with van der Waals surface area (Å²) in [6.07, 6.45) is 2.41. The molecule has 0 aliphatic rings. The van der Waals surface area contributed by atoms with Crippen molar-refractivity contribution in [3.05, 3.63) is 35.9 Å². The van der Waals surface area contributed by atoms with E-state index in [0.717, 1.165) is 19.4 Å². The van der Waals surface area contributed by atoms with Crippen molar-refractivity contribution in [1.29, 1.82) is 0 Å². The molecule has 1 aromatic rings. The van der Waals surface area contributed by atoms with Gasteiger partial charge in [0.25, 0.3) is 0 Å². The lowest BCUT2D eigenvalue weighted by Gasteiger charge is -2.15. The lowest BCUT2D eigenvalue weighted by Crippen LogP contribution is -2.03. The first-order valence-corrected chi connectivity index (χ1v) is 5.05. The largest absolute Gasteiger partial charge is 0.374 e. The molecule has 0 heterocycles. The van der Waals surface area contributed by atoms with Crippen molar-refractivity contribution in [2.75, 3.05) is 6.61 Å². The van der Waals surface area contributed by atoms with Crippen molar-refractivity contribution in [3.63, 3.8) is 0 Å². The van der Waals surface area contributed by atoms with Gasteiger partial charge in [0.15, 0.2) is 0 Å². The van der Waals surface area contributed by atoms with Crippen molar-refractivity contribution in [1.82, 2.24) is 0 Å². The van der Waals surface area contributed by atoms with Gasteiger partial charge in [-0.25, -0.2) is 0 Å². The lowest BCUT2D eigenvalue weighted by molar-refractivity contribution is 0.0504. The topological polar surface area (TPSA) is 9.23 Å². The van der Waals surface area contributed by atoms with Gasteiger partial charge in [-0.3, -0.25) is 0 Å². The highest BCUT2D eigenvalue weighted by atomic mass is 16.5. The molecule has 1 nitrogen and oxygen atoms in total. The van der Waals surface area contributed by atoms with Crippen LogP contribution in [0.4, 0.5) is 0 Å². The van der Waals surface area contributed by atoms with Gasteiger partial charge in [0.1, 0.15) is 0 Å². The van der Waals surface area contributed by atoms with Crippen molar-refractivity contribution in [2.45, 2.75) is 32.8 Å². The fourth-order valence-corrected chi connectivity index (χ4v) is 1.38. The van der Waals surface area contributed by atoms with Crippen LogP contribution in [0.5, 0.6) is 0 Å². The first-order valence-electron chi connectivity index (χ1n) is 5.05. The molecular weight excluding hydrogens is 160 g/mol. The van der Waals surface area contributed by atoms with Crippen molar-refractivity contribution in [3.8, 4) is 0 Å². The monoisotopic (exact) mass is 178 g/mol. The van der Waals surface area contributed by atoms with Crippen LogP contribution in [0, 0.1) is 0 Å². The Balaban J connectivity index is 2.56. The van der Waals surface area contributed by atoms with Crippen molar-refractivity contribution < 1.29 is 4.74 Å².